The summed E-state index contributed by atoms with van der Waals surface area (Å²) in [5, 5.41) is 11.1. The van der Waals surface area contributed by atoms with Crippen molar-refractivity contribution in [3.63, 3.8) is 0 Å². The highest BCUT2D eigenvalue weighted by molar-refractivity contribution is 7.11. The van der Waals surface area contributed by atoms with Crippen LogP contribution in [-0.4, -0.2) is 26.0 Å². The topological polar surface area (TPSA) is 103 Å². The van der Waals surface area contributed by atoms with Gasteiger partial charge in [0.25, 0.3) is 0 Å². The number of thiazole rings is 1. The normalized spacial score (nSPS) is 11.0. The Hall–Kier alpha value is -2.00. The van der Waals surface area contributed by atoms with Gasteiger partial charge in [-0.2, -0.15) is 9.36 Å². The lowest BCUT2D eigenvalue weighted by atomic mass is 10.2. The molecule has 0 aliphatic heterocycles. The highest BCUT2D eigenvalue weighted by atomic mass is 32.1. The lowest BCUT2D eigenvalue weighted by Crippen LogP contribution is -2.06. The van der Waals surface area contributed by atoms with Crippen LogP contribution >= 0.6 is 22.9 Å². The SMILES string of the molecule is Cc1nc(CCNc2snc(N)c2-c2csc(C)n2)no1. The number of aromatic nitrogens is 4. The second kappa shape index (κ2) is 5.78. The van der Waals surface area contributed by atoms with Gasteiger partial charge in [0.2, 0.25) is 5.89 Å². The summed E-state index contributed by atoms with van der Waals surface area (Å²) < 4.78 is 9.14. The third kappa shape index (κ3) is 3.03. The molecule has 7 nitrogen and oxygen atoms in total. The first-order valence-corrected chi connectivity index (χ1v) is 7.99. The fourth-order valence-electron chi connectivity index (χ4n) is 1.88. The second-order valence-electron chi connectivity index (χ2n) is 4.43. The van der Waals surface area contributed by atoms with E-state index in [-0.39, 0.29) is 0 Å². The smallest absolute Gasteiger partial charge is 0.223 e. The van der Waals surface area contributed by atoms with Gasteiger partial charge in [-0.1, -0.05) is 5.16 Å². The van der Waals surface area contributed by atoms with Gasteiger partial charge in [-0.25, -0.2) is 4.98 Å². The zero-order valence-electron chi connectivity index (χ0n) is 11.6. The molecule has 3 rings (SSSR count). The molecule has 3 heterocycles. The van der Waals surface area contributed by atoms with E-state index in [9.17, 15) is 0 Å². The largest absolute Gasteiger partial charge is 0.382 e. The summed E-state index contributed by atoms with van der Waals surface area (Å²) in [6, 6.07) is 0. The minimum atomic E-state index is 0.503. The summed E-state index contributed by atoms with van der Waals surface area (Å²) in [5.41, 5.74) is 7.68. The fraction of sp³-hybridized carbons (Fsp3) is 0.333. The molecule has 3 aromatic heterocycles. The molecule has 3 aromatic rings. The first-order valence-electron chi connectivity index (χ1n) is 6.34. The van der Waals surface area contributed by atoms with Crippen molar-refractivity contribution in [2.24, 2.45) is 0 Å². The molecule has 0 atom stereocenters. The van der Waals surface area contributed by atoms with E-state index in [2.05, 4.69) is 24.8 Å². The Labute approximate surface area is 129 Å². The molecular weight excluding hydrogens is 308 g/mol. The van der Waals surface area contributed by atoms with E-state index in [1.54, 1.807) is 18.3 Å². The molecule has 9 heteroatoms. The van der Waals surface area contributed by atoms with E-state index >= 15 is 0 Å². The molecule has 0 saturated heterocycles. The molecule has 0 radical (unpaired) electrons. The Bertz CT molecular complexity index is 747. The number of nitrogens with two attached hydrogens (primary N) is 1. The molecule has 110 valence electrons. The van der Waals surface area contributed by atoms with Crippen LogP contribution in [0.25, 0.3) is 11.3 Å². The number of nitrogens with one attached hydrogen (secondary N) is 1. The Kier molecular flexibility index (Phi) is 3.84. The molecule has 0 saturated carbocycles. The van der Waals surface area contributed by atoms with Crippen molar-refractivity contribution in [1.29, 1.82) is 0 Å². The van der Waals surface area contributed by atoms with Crippen LogP contribution in [0, 0.1) is 13.8 Å². The predicted molar refractivity (Wildman–Crippen MR) is 83.6 cm³/mol. The van der Waals surface area contributed by atoms with E-state index in [0.717, 1.165) is 21.3 Å². The standard InChI is InChI=1S/C12H14N6OS2/c1-6-15-9(17-19-6)3-4-14-12-10(11(13)18-21-12)8-5-20-7(2)16-8/h5,14H,3-4H2,1-2H3,(H2,13,18). The van der Waals surface area contributed by atoms with Crippen LogP contribution in [-0.2, 0) is 6.42 Å². The monoisotopic (exact) mass is 322 g/mol. The van der Waals surface area contributed by atoms with E-state index in [4.69, 9.17) is 10.3 Å². The van der Waals surface area contributed by atoms with Gasteiger partial charge in [-0.05, 0) is 18.5 Å². The summed E-state index contributed by atoms with van der Waals surface area (Å²) >= 11 is 2.93. The maximum Gasteiger partial charge on any atom is 0.223 e. The zero-order chi connectivity index (χ0) is 14.8. The second-order valence-corrected chi connectivity index (χ2v) is 6.27. The summed E-state index contributed by atoms with van der Waals surface area (Å²) in [6.07, 6.45) is 0.671. The summed E-state index contributed by atoms with van der Waals surface area (Å²) in [5.74, 6) is 1.76. The molecule has 21 heavy (non-hydrogen) atoms. The molecule has 3 N–H and O–H groups in total. The van der Waals surface area contributed by atoms with Gasteiger partial charge in [-0.15, -0.1) is 11.3 Å². The highest BCUT2D eigenvalue weighted by Crippen LogP contribution is 2.36. The third-order valence-electron chi connectivity index (χ3n) is 2.80. The number of rotatable bonds is 5. The quantitative estimate of drug-likeness (QED) is 0.744. The minimum absolute atomic E-state index is 0.503. The van der Waals surface area contributed by atoms with Crippen LogP contribution in [0.15, 0.2) is 9.90 Å². The van der Waals surface area contributed by atoms with Gasteiger partial charge in [0.1, 0.15) is 10.8 Å². The van der Waals surface area contributed by atoms with Gasteiger partial charge >= 0.3 is 0 Å². The lowest BCUT2D eigenvalue weighted by Gasteiger charge is -2.03. The Morgan fingerprint density at radius 2 is 2.19 bits per heavy atom. The van der Waals surface area contributed by atoms with Crippen molar-refractivity contribution in [1.82, 2.24) is 19.5 Å². The highest BCUT2D eigenvalue weighted by Gasteiger charge is 2.16. The van der Waals surface area contributed by atoms with Crippen molar-refractivity contribution >= 4 is 33.7 Å². The number of anilines is 2. The van der Waals surface area contributed by atoms with Crippen LogP contribution in [0.5, 0.6) is 0 Å². The Morgan fingerprint density at radius 1 is 1.33 bits per heavy atom. The Morgan fingerprint density at radius 3 is 2.86 bits per heavy atom. The van der Waals surface area contributed by atoms with Crippen molar-refractivity contribution in [3.05, 3.63) is 22.1 Å². The van der Waals surface area contributed by atoms with E-state index < -0.39 is 0 Å². The van der Waals surface area contributed by atoms with Gasteiger partial charge < -0.3 is 15.6 Å². The molecule has 0 bridgehead atoms. The molecule has 0 unspecified atom stereocenters. The summed E-state index contributed by atoms with van der Waals surface area (Å²) in [6.45, 7) is 4.42. The minimum Gasteiger partial charge on any atom is -0.382 e. The Balaban J connectivity index is 1.71. The first-order chi connectivity index (χ1) is 10.1. The predicted octanol–water partition coefficient (Wildman–Crippen LogP) is 2.50. The average Bonchev–Trinajstić information content (AvgIpc) is 3.12. The number of hydrogen-bond donors (Lipinski definition) is 2. The molecule has 0 spiro atoms. The van der Waals surface area contributed by atoms with E-state index in [1.165, 1.54) is 11.5 Å². The number of hydrogen-bond acceptors (Lipinski definition) is 9. The number of nitrogens with zero attached hydrogens (tertiary/aromatic N) is 4. The summed E-state index contributed by atoms with van der Waals surface area (Å²) in [4.78, 5) is 8.64. The van der Waals surface area contributed by atoms with Gasteiger partial charge in [0.15, 0.2) is 5.82 Å². The summed E-state index contributed by atoms with van der Waals surface area (Å²) in [7, 11) is 0. The van der Waals surface area contributed by atoms with Gasteiger partial charge in [-0.3, -0.25) is 0 Å². The zero-order valence-corrected chi connectivity index (χ0v) is 13.2. The molecule has 0 amide bonds. The number of nitrogen functional groups attached to an aromatic ring is 1. The molecular formula is C12H14N6OS2. The first kappa shape index (κ1) is 14.0. The van der Waals surface area contributed by atoms with Crippen molar-refractivity contribution in [2.45, 2.75) is 20.3 Å². The lowest BCUT2D eigenvalue weighted by molar-refractivity contribution is 0.387. The third-order valence-corrected chi connectivity index (χ3v) is 4.39. The van der Waals surface area contributed by atoms with Crippen LogP contribution in [0.1, 0.15) is 16.7 Å². The molecule has 0 fully saturated rings. The van der Waals surface area contributed by atoms with Crippen molar-refractivity contribution in [2.75, 3.05) is 17.6 Å². The van der Waals surface area contributed by atoms with Crippen LogP contribution in [0.3, 0.4) is 0 Å². The number of aryl methyl sites for hydroxylation is 2. The van der Waals surface area contributed by atoms with Crippen molar-refractivity contribution in [3.8, 4) is 11.3 Å². The molecule has 0 aromatic carbocycles. The fourth-order valence-corrected chi connectivity index (χ4v) is 3.23. The van der Waals surface area contributed by atoms with Crippen LogP contribution in [0.4, 0.5) is 10.8 Å². The van der Waals surface area contributed by atoms with E-state index in [1.807, 2.05) is 12.3 Å². The van der Waals surface area contributed by atoms with Crippen LogP contribution in [0.2, 0.25) is 0 Å². The van der Waals surface area contributed by atoms with Crippen molar-refractivity contribution < 1.29 is 4.52 Å². The van der Waals surface area contributed by atoms with Gasteiger partial charge in [0.05, 0.1) is 16.3 Å². The van der Waals surface area contributed by atoms with Gasteiger partial charge in [0, 0.05) is 25.3 Å². The maximum absolute atomic E-state index is 5.95. The van der Waals surface area contributed by atoms with E-state index in [0.29, 0.717) is 30.5 Å². The molecule has 0 aliphatic carbocycles. The van der Waals surface area contributed by atoms with Crippen LogP contribution < -0.4 is 11.1 Å². The molecule has 0 aliphatic rings. The average molecular weight is 322 g/mol. The maximum atomic E-state index is 5.95.